The lowest BCUT2D eigenvalue weighted by Crippen LogP contribution is -2.23. The third-order valence-electron chi connectivity index (χ3n) is 4.24. The monoisotopic (exact) mass is 400 g/mol. The van der Waals surface area contributed by atoms with Crippen molar-refractivity contribution in [2.24, 2.45) is 7.05 Å². The van der Waals surface area contributed by atoms with Crippen LogP contribution in [0.4, 0.5) is 5.69 Å². The van der Waals surface area contributed by atoms with Crippen molar-refractivity contribution in [3.05, 3.63) is 58.6 Å². The van der Waals surface area contributed by atoms with Crippen LogP contribution in [-0.2, 0) is 11.8 Å². The van der Waals surface area contributed by atoms with E-state index < -0.39 is 0 Å². The Morgan fingerprint density at radius 2 is 1.85 bits per heavy atom. The molecule has 1 N–H and O–H groups in total. The second-order valence-corrected chi connectivity index (χ2v) is 8.18. The lowest BCUT2D eigenvalue weighted by atomic mass is 10.1. The molecule has 3 aromatic rings. The first kappa shape index (κ1) is 19.5. The van der Waals surface area contributed by atoms with E-state index in [9.17, 15) is 4.79 Å². The molecule has 7 heteroatoms. The number of thioether (sulfide) groups is 1. The van der Waals surface area contributed by atoms with Crippen LogP contribution in [0.15, 0.2) is 47.6 Å². The molecule has 5 nitrogen and oxygen atoms in total. The smallest absolute Gasteiger partial charge is 0.237 e. The maximum Gasteiger partial charge on any atom is 0.237 e. The summed E-state index contributed by atoms with van der Waals surface area (Å²) in [6, 6.07) is 13.4. The highest BCUT2D eigenvalue weighted by Gasteiger charge is 2.20. The van der Waals surface area contributed by atoms with Gasteiger partial charge in [0.1, 0.15) is 0 Å². The highest BCUT2D eigenvalue weighted by atomic mass is 35.5. The van der Waals surface area contributed by atoms with Crippen LogP contribution in [0.25, 0.3) is 11.4 Å². The van der Waals surface area contributed by atoms with Crippen LogP contribution in [0, 0.1) is 13.8 Å². The van der Waals surface area contributed by atoms with Gasteiger partial charge in [-0.1, -0.05) is 35.5 Å². The summed E-state index contributed by atoms with van der Waals surface area (Å²) in [6.45, 7) is 5.85. The minimum atomic E-state index is -0.314. The van der Waals surface area contributed by atoms with Gasteiger partial charge >= 0.3 is 0 Å². The summed E-state index contributed by atoms with van der Waals surface area (Å²) >= 11 is 7.32. The predicted octanol–water partition coefficient (Wildman–Crippen LogP) is 4.87. The maximum atomic E-state index is 12.6. The first-order chi connectivity index (χ1) is 12.8. The average Bonchev–Trinajstić information content (AvgIpc) is 2.99. The number of carbonyl (C=O) groups excluding carboxylic acids is 1. The third-order valence-corrected chi connectivity index (χ3v) is 5.63. The van der Waals surface area contributed by atoms with E-state index >= 15 is 0 Å². The van der Waals surface area contributed by atoms with Gasteiger partial charge in [-0.2, -0.15) is 0 Å². The number of nitrogens with zero attached hydrogens (tertiary/aromatic N) is 3. The zero-order valence-corrected chi connectivity index (χ0v) is 17.2. The Kier molecular flexibility index (Phi) is 5.87. The van der Waals surface area contributed by atoms with E-state index in [4.69, 9.17) is 11.6 Å². The van der Waals surface area contributed by atoms with Crippen molar-refractivity contribution < 1.29 is 4.79 Å². The van der Waals surface area contributed by atoms with Crippen molar-refractivity contribution in [2.45, 2.75) is 31.2 Å². The molecule has 3 rings (SSSR count). The lowest BCUT2D eigenvalue weighted by molar-refractivity contribution is -0.115. The van der Waals surface area contributed by atoms with Crippen molar-refractivity contribution >= 4 is 35.0 Å². The minimum Gasteiger partial charge on any atom is -0.325 e. The van der Waals surface area contributed by atoms with E-state index in [1.807, 2.05) is 74.9 Å². The molecule has 0 saturated heterocycles. The Labute approximate surface area is 168 Å². The molecule has 1 atom stereocenters. The minimum absolute atomic E-state index is 0.0651. The lowest BCUT2D eigenvalue weighted by Gasteiger charge is -2.14. The van der Waals surface area contributed by atoms with Gasteiger partial charge in [-0.3, -0.25) is 4.79 Å². The van der Waals surface area contributed by atoms with E-state index in [0.29, 0.717) is 10.2 Å². The fourth-order valence-corrected chi connectivity index (χ4v) is 3.53. The number of benzene rings is 2. The normalized spacial score (nSPS) is 12.0. The number of hydrogen-bond acceptors (Lipinski definition) is 4. The molecule has 1 heterocycles. The topological polar surface area (TPSA) is 59.8 Å². The number of halogens is 1. The van der Waals surface area contributed by atoms with Crippen LogP contribution in [-0.4, -0.2) is 25.9 Å². The van der Waals surface area contributed by atoms with Gasteiger partial charge in [0.2, 0.25) is 5.91 Å². The van der Waals surface area contributed by atoms with Crippen LogP contribution in [0.5, 0.6) is 0 Å². The molecule has 140 valence electrons. The first-order valence-electron chi connectivity index (χ1n) is 8.55. The first-order valence-corrected chi connectivity index (χ1v) is 9.81. The molecule has 0 aliphatic carbocycles. The number of hydrogen-bond donors (Lipinski definition) is 1. The van der Waals surface area contributed by atoms with Crippen molar-refractivity contribution in [3.8, 4) is 11.4 Å². The molecular weight excluding hydrogens is 380 g/mol. The van der Waals surface area contributed by atoms with Gasteiger partial charge in [0.25, 0.3) is 0 Å². The molecule has 0 aliphatic rings. The second kappa shape index (κ2) is 8.15. The molecule has 27 heavy (non-hydrogen) atoms. The average molecular weight is 401 g/mol. The number of nitrogens with one attached hydrogen (secondary N) is 1. The Hall–Kier alpha value is -2.31. The van der Waals surface area contributed by atoms with E-state index in [2.05, 4.69) is 15.5 Å². The second-order valence-electron chi connectivity index (χ2n) is 6.44. The number of anilines is 1. The van der Waals surface area contributed by atoms with Gasteiger partial charge in [0.15, 0.2) is 11.0 Å². The van der Waals surface area contributed by atoms with Gasteiger partial charge in [0.05, 0.1) is 5.25 Å². The largest absolute Gasteiger partial charge is 0.325 e. The SMILES string of the molecule is Cc1ccc(C)c(NC(=O)[C@H](C)Sc2nnc(-c3ccc(Cl)cc3)n2C)c1. The Bertz CT molecular complexity index is 969. The quantitative estimate of drug-likeness (QED) is 0.620. The standard InChI is InChI=1S/C20H21ClN4OS/c1-12-5-6-13(2)17(11-12)22-19(26)14(3)27-20-24-23-18(25(20)4)15-7-9-16(21)10-8-15/h5-11,14H,1-4H3,(H,22,26)/t14-/m0/s1. The molecule has 0 spiro atoms. The summed E-state index contributed by atoms with van der Waals surface area (Å²) in [7, 11) is 1.89. The zero-order valence-electron chi connectivity index (χ0n) is 15.7. The Morgan fingerprint density at radius 1 is 1.15 bits per heavy atom. The van der Waals surface area contributed by atoms with Crippen molar-refractivity contribution in [1.29, 1.82) is 0 Å². The number of carbonyl (C=O) groups is 1. The van der Waals surface area contributed by atoms with Crippen LogP contribution in [0.3, 0.4) is 0 Å². The number of rotatable bonds is 5. The highest BCUT2D eigenvalue weighted by molar-refractivity contribution is 8.00. The molecule has 0 aliphatic heterocycles. The molecular formula is C20H21ClN4OS. The van der Waals surface area contributed by atoms with Crippen LogP contribution < -0.4 is 5.32 Å². The number of aromatic nitrogens is 3. The van der Waals surface area contributed by atoms with Crippen molar-refractivity contribution in [2.75, 3.05) is 5.32 Å². The molecule has 0 radical (unpaired) electrons. The Balaban J connectivity index is 1.72. The third kappa shape index (κ3) is 4.51. The van der Waals surface area contributed by atoms with Gasteiger partial charge in [0, 0.05) is 23.3 Å². The summed E-state index contributed by atoms with van der Waals surface area (Å²) in [5, 5.41) is 12.5. The van der Waals surface area contributed by atoms with E-state index in [-0.39, 0.29) is 11.2 Å². The van der Waals surface area contributed by atoms with Gasteiger partial charge < -0.3 is 9.88 Å². The zero-order chi connectivity index (χ0) is 19.6. The van der Waals surface area contributed by atoms with Crippen LogP contribution >= 0.6 is 23.4 Å². The maximum absolute atomic E-state index is 12.6. The highest BCUT2D eigenvalue weighted by Crippen LogP contribution is 2.27. The fraction of sp³-hybridized carbons (Fsp3) is 0.250. The molecule has 1 amide bonds. The fourth-order valence-electron chi connectivity index (χ4n) is 2.58. The molecule has 0 saturated carbocycles. The van der Waals surface area contributed by atoms with E-state index in [1.165, 1.54) is 11.8 Å². The van der Waals surface area contributed by atoms with Gasteiger partial charge in [-0.05, 0) is 62.2 Å². The molecule has 2 aromatic carbocycles. The molecule has 0 bridgehead atoms. The molecule has 0 unspecified atom stereocenters. The summed E-state index contributed by atoms with van der Waals surface area (Å²) in [6.07, 6.45) is 0. The van der Waals surface area contributed by atoms with Crippen LogP contribution in [0.2, 0.25) is 5.02 Å². The molecule has 0 fully saturated rings. The van der Waals surface area contributed by atoms with Crippen molar-refractivity contribution in [3.63, 3.8) is 0 Å². The van der Waals surface area contributed by atoms with Gasteiger partial charge in [-0.15, -0.1) is 10.2 Å². The summed E-state index contributed by atoms with van der Waals surface area (Å²) in [5.74, 6) is 0.668. The molecule has 1 aromatic heterocycles. The summed E-state index contributed by atoms with van der Waals surface area (Å²) < 4.78 is 1.88. The van der Waals surface area contributed by atoms with E-state index in [1.54, 1.807) is 0 Å². The van der Waals surface area contributed by atoms with Gasteiger partial charge in [-0.25, -0.2) is 0 Å². The Morgan fingerprint density at radius 3 is 2.56 bits per heavy atom. The number of aryl methyl sites for hydroxylation is 2. The summed E-state index contributed by atoms with van der Waals surface area (Å²) in [5.41, 5.74) is 3.91. The van der Waals surface area contributed by atoms with Crippen molar-refractivity contribution in [1.82, 2.24) is 14.8 Å². The van der Waals surface area contributed by atoms with E-state index in [0.717, 1.165) is 28.2 Å². The van der Waals surface area contributed by atoms with Crippen LogP contribution in [0.1, 0.15) is 18.1 Å². The number of amides is 1. The summed E-state index contributed by atoms with van der Waals surface area (Å²) in [4.78, 5) is 12.6. The predicted molar refractivity (Wildman–Crippen MR) is 111 cm³/mol.